The lowest BCUT2D eigenvalue weighted by molar-refractivity contribution is -0.130. The number of likely N-dealkylation sites (N-methyl/N-ethyl adjacent to an activating group) is 1. The van der Waals surface area contributed by atoms with Crippen LogP contribution in [0.25, 0.3) is 0 Å². The number of nitrogens with zero attached hydrogens (tertiary/aromatic N) is 2. The predicted molar refractivity (Wildman–Crippen MR) is 92.5 cm³/mol. The molecule has 0 aliphatic carbocycles. The van der Waals surface area contributed by atoms with E-state index in [4.69, 9.17) is 0 Å². The molecule has 0 bridgehead atoms. The molecule has 1 fully saturated rings. The molecule has 2 aliphatic rings. The second-order valence-electron chi connectivity index (χ2n) is 6.56. The number of carbonyl (C=O) groups excluding carboxylic acids is 1. The van der Waals surface area contributed by atoms with Crippen molar-refractivity contribution in [3.63, 3.8) is 0 Å². The molecule has 2 rings (SSSR count). The van der Waals surface area contributed by atoms with Crippen molar-refractivity contribution in [2.24, 2.45) is 10.9 Å². The number of hydrogen-bond acceptors (Lipinski definition) is 8. The van der Waals surface area contributed by atoms with Crippen molar-refractivity contribution in [3.05, 3.63) is 0 Å². The zero-order valence-corrected chi connectivity index (χ0v) is 15.0. The highest BCUT2D eigenvalue weighted by Gasteiger charge is 2.41. The molecule has 0 spiro atoms. The van der Waals surface area contributed by atoms with E-state index in [0.717, 1.165) is 0 Å². The first kappa shape index (κ1) is 20.1. The third-order valence-electron chi connectivity index (χ3n) is 4.56. The Hall–Kier alpha value is -1.20. The lowest BCUT2D eigenvalue weighted by Gasteiger charge is -2.22. The Bertz CT molecular complexity index is 541. The van der Waals surface area contributed by atoms with Crippen LogP contribution in [-0.2, 0) is 9.59 Å². The number of hydrogen-bond donors (Lipinski definition) is 5. The number of amides is 1. The van der Waals surface area contributed by atoms with Gasteiger partial charge in [0.05, 0.1) is 29.9 Å². The Morgan fingerprint density at radius 1 is 1.36 bits per heavy atom. The molecule has 10 heteroatoms. The SMILES string of the molecule is CN(C)C(=O)[C@H]1C[C@@H](S[C@H]2C[C@H]([C@@H](CO)C(O)O)N=C2C(=O)O)CN1. The van der Waals surface area contributed by atoms with E-state index in [1.165, 1.54) is 16.7 Å². The van der Waals surface area contributed by atoms with Gasteiger partial charge in [-0.25, -0.2) is 4.79 Å². The highest BCUT2D eigenvalue weighted by atomic mass is 32.2. The minimum Gasteiger partial charge on any atom is -0.477 e. The molecule has 0 aromatic rings. The second-order valence-corrected chi connectivity index (χ2v) is 8.07. The van der Waals surface area contributed by atoms with Gasteiger partial charge in [0.2, 0.25) is 5.91 Å². The molecule has 5 N–H and O–H groups in total. The number of aliphatic hydroxyl groups is 3. The summed E-state index contributed by atoms with van der Waals surface area (Å²) >= 11 is 1.44. The maximum absolute atomic E-state index is 12.0. The van der Waals surface area contributed by atoms with Crippen LogP contribution in [0.2, 0.25) is 0 Å². The second kappa shape index (κ2) is 8.45. The van der Waals surface area contributed by atoms with E-state index in [2.05, 4.69) is 10.3 Å². The topological polar surface area (TPSA) is 143 Å². The predicted octanol–water partition coefficient (Wildman–Crippen LogP) is -1.88. The van der Waals surface area contributed by atoms with Crippen LogP contribution in [0.4, 0.5) is 0 Å². The van der Waals surface area contributed by atoms with Crippen molar-refractivity contribution in [2.75, 3.05) is 27.2 Å². The summed E-state index contributed by atoms with van der Waals surface area (Å²) in [5, 5.41) is 40.2. The molecule has 25 heavy (non-hydrogen) atoms. The van der Waals surface area contributed by atoms with Crippen LogP contribution in [0, 0.1) is 5.92 Å². The summed E-state index contributed by atoms with van der Waals surface area (Å²) in [6.45, 7) is 0.107. The molecule has 2 aliphatic heterocycles. The molecule has 0 aromatic heterocycles. The molecule has 9 nitrogen and oxygen atoms in total. The van der Waals surface area contributed by atoms with Gasteiger partial charge in [0, 0.05) is 25.9 Å². The smallest absolute Gasteiger partial charge is 0.350 e. The Morgan fingerprint density at radius 2 is 2.04 bits per heavy atom. The van der Waals surface area contributed by atoms with Crippen molar-refractivity contribution in [3.8, 4) is 0 Å². The van der Waals surface area contributed by atoms with Crippen molar-refractivity contribution < 1.29 is 30.0 Å². The maximum atomic E-state index is 12.0. The molecule has 0 aromatic carbocycles. The van der Waals surface area contributed by atoms with E-state index >= 15 is 0 Å². The van der Waals surface area contributed by atoms with Gasteiger partial charge in [0.15, 0.2) is 6.29 Å². The average Bonchev–Trinajstić information content (AvgIpc) is 3.14. The maximum Gasteiger partial charge on any atom is 0.350 e. The highest BCUT2D eigenvalue weighted by Crippen LogP contribution is 2.35. The van der Waals surface area contributed by atoms with Crippen molar-refractivity contribution in [1.82, 2.24) is 10.2 Å². The van der Waals surface area contributed by atoms with E-state index < -0.39 is 36.1 Å². The Kier molecular flexibility index (Phi) is 6.80. The Morgan fingerprint density at radius 3 is 2.56 bits per heavy atom. The third kappa shape index (κ3) is 4.70. The average molecular weight is 375 g/mol. The van der Waals surface area contributed by atoms with E-state index in [1.54, 1.807) is 14.1 Å². The lowest BCUT2D eigenvalue weighted by Crippen LogP contribution is -2.39. The first-order valence-electron chi connectivity index (χ1n) is 8.12. The quantitative estimate of drug-likeness (QED) is 0.326. The minimum atomic E-state index is -1.76. The molecule has 0 unspecified atom stereocenters. The van der Waals surface area contributed by atoms with Crippen LogP contribution < -0.4 is 5.32 Å². The number of carboxylic acid groups (broad SMARTS) is 1. The number of aliphatic hydroxyl groups excluding tert-OH is 2. The molecule has 0 saturated carbocycles. The van der Waals surface area contributed by atoms with Gasteiger partial charge in [-0.05, 0) is 12.8 Å². The van der Waals surface area contributed by atoms with Gasteiger partial charge < -0.3 is 30.6 Å². The fraction of sp³-hybridized carbons (Fsp3) is 0.800. The minimum absolute atomic E-state index is 0.0109. The first-order chi connectivity index (χ1) is 11.7. The van der Waals surface area contributed by atoms with Crippen LogP contribution in [0.3, 0.4) is 0 Å². The standard InChI is InChI=1S/C15H25N3O6S/c1-18(2)13(20)10-3-7(5-16-10)25-11-4-9(8(6-19)14(21)22)17-12(11)15(23)24/h7-11,14,16,19,21-22H,3-6H2,1-2H3,(H,23,24)/t7-,8-,9-,10-,11+/m1/s1. The fourth-order valence-corrected chi connectivity index (χ4v) is 4.74. The number of aliphatic carboxylic acids is 1. The molecular formula is C15H25N3O6S. The van der Waals surface area contributed by atoms with Gasteiger partial charge in [-0.1, -0.05) is 0 Å². The van der Waals surface area contributed by atoms with Gasteiger partial charge in [0.25, 0.3) is 0 Å². The summed E-state index contributed by atoms with van der Waals surface area (Å²) < 4.78 is 0. The van der Waals surface area contributed by atoms with E-state index in [9.17, 15) is 30.0 Å². The van der Waals surface area contributed by atoms with Gasteiger partial charge in [-0.2, -0.15) is 0 Å². The molecule has 5 atom stereocenters. The summed E-state index contributed by atoms with van der Waals surface area (Å²) in [6, 6.07) is -0.929. The number of carbonyl (C=O) groups is 2. The number of thioether (sulfide) groups is 1. The summed E-state index contributed by atoms with van der Waals surface area (Å²) in [4.78, 5) is 29.1. The van der Waals surface area contributed by atoms with E-state index in [-0.39, 0.29) is 22.9 Å². The van der Waals surface area contributed by atoms with Crippen LogP contribution in [0.5, 0.6) is 0 Å². The number of carboxylic acids is 1. The monoisotopic (exact) mass is 375 g/mol. The molecule has 1 saturated heterocycles. The van der Waals surface area contributed by atoms with Gasteiger partial charge in [0.1, 0.15) is 5.71 Å². The highest BCUT2D eigenvalue weighted by molar-refractivity contribution is 8.01. The van der Waals surface area contributed by atoms with E-state index in [0.29, 0.717) is 19.4 Å². The lowest BCUT2D eigenvalue weighted by atomic mass is 9.98. The van der Waals surface area contributed by atoms with Crippen molar-refractivity contribution in [2.45, 2.75) is 41.7 Å². The molecule has 2 heterocycles. The summed E-state index contributed by atoms with van der Waals surface area (Å²) in [5.41, 5.74) is -0.0171. The van der Waals surface area contributed by atoms with Crippen molar-refractivity contribution in [1.29, 1.82) is 0 Å². The number of rotatable bonds is 7. The normalized spacial score (nSPS) is 30.4. The number of nitrogens with one attached hydrogen (secondary N) is 1. The zero-order valence-electron chi connectivity index (χ0n) is 14.2. The van der Waals surface area contributed by atoms with Gasteiger partial charge >= 0.3 is 5.97 Å². The zero-order chi connectivity index (χ0) is 18.7. The molecule has 1 amide bonds. The Balaban J connectivity index is 2.01. The summed E-state index contributed by atoms with van der Waals surface area (Å²) in [6.07, 6.45) is -0.840. The van der Waals surface area contributed by atoms with Gasteiger partial charge in [-0.15, -0.1) is 11.8 Å². The Labute approximate surface area is 150 Å². The first-order valence-corrected chi connectivity index (χ1v) is 9.06. The largest absolute Gasteiger partial charge is 0.477 e. The molecular weight excluding hydrogens is 350 g/mol. The number of aliphatic imine (C=N–C) groups is 1. The van der Waals surface area contributed by atoms with Gasteiger partial charge in [-0.3, -0.25) is 9.79 Å². The van der Waals surface area contributed by atoms with Crippen LogP contribution >= 0.6 is 11.8 Å². The van der Waals surface area contributed by atoms with Crippen LogP contribution in [-0.4, -0.2) is 99.0 Å². The van der Waals surface area contributed by atoms with Crippen LogP contribution in [0.1, 0.15) is 12.8 Å². The summed E-state index contributed by atoms with van der Waals surface area (Å²) in [5.74, 6) is -2.07. The van der Waals surface area contributed by atoms with Crippen LogP contribution in [0.15, 0.2) is 4.99 Å². The van der Waals surface area contributed by atoms with Crippen molar-refractivity contribution >= 4 is 29.4 Å². The molecule has 0 radical (unpaired) electrons. The fourth-order valence-electron chi connectivity index (χ4n) is 3.18. The molecule has 142 valence electrons. The summed E-state index contributed by atoms with van der Waals surface area (Å²) in [7, 11) is 3.38. The third-order valence-corrected chi connectivity index (χ3v) is 6.05. The van der Waals surface area contributed by atoms with E-state index in [1.807, 2.05) is 0 Å².